The maximum atomic E-state index is 13.3. The number of hydrogen-bond donors (Lipinski definition) is 3. The normalized spacial score (nSPS) is 11.0. The van der Waals surface area contributed by atoms with Crippen molar-refractivity contribution >= 4 is 34.8 Å². The van der Waals surface area contributed by atoms with Gasteiger partial charge in [-0.1, -0.05) is 54.1 Å². The zero-order valence-electron chi connectivity index (χ0n) is 31.3. The number of amides is 2. The molecule has 0 saturated heterocycles. The molecule has 10 heteroatoms. The lowest BCUT2D eigenvalue weighted by Crippen LogP contribution is -2.17. The minimum atomic E-state index is -0.392. The summed E-state index contributed by atoms with van der Waals surface area (Å²) in [6.45, 7) is 11.7. The Morgan fingerprint density at radius 2 is 1.04 bits per heavy atom. The maximum absolute atomic E-state index is 13.3. The van der Waals surface area contributed by atoms with Crippen molar-refractivity contribution in [2.75, 3.05) is 10.6 Å². The fourth-order valence-corrected chi connectivity index (χ4v) is 6.95. The van der Waals surface area contributed by atoms with E-state index in [4.69, 9.17) is 11.6 Å². The van der Waals surface area contributed by atoms with Crippen molar-refractivity contribution in [3.8, 4) is 22.5 Å². The highest BCUT2D eigenvalue weighted by atomic mass is 35.5. The number of nitrogens with zero attached hydrogens (tertiary/aromatic N) is 4. The van der Waals surface area contributed by atoms with Crippen molar-refractivity contribution in [2.45, 2.75) is 67.4 Å². The molecule has 0 saturated carbocycles. The highest BCUT2D eigenvalue weighted by molar-refractivity contribution is 6.30. The van der Waals surface area contributed by atoms with Crippen LogP contribution in [0.2, 0.25) is 5.02 Å². The van der Waals surface area contributed by atoms with E-state index >= 15 is 0 Å². The lowest BCUT2D eigenvalue weighted by Gasteiger charge is -2.14. The number of anilines is 2. The molecule has 0 aliphatic heterocycles. The quantitative estimate of drug-likeness (QED) is 0.121. The SMILES string of the molecule is Cc1ccc(Cl)cc1-c1ccnc(C(=O)Nc2c(C)cc(CCCc3ccc(C)c(-c4ccnc(C(=O)Nc5c(C)cc(CO)cc5C)n4)c3)cc2C)n1. The van der Waals surface area contributed by atoms with Crippen LogP contribution in [0.3, 0.4) is 0 Å². The molecule has 2 amide bonds. The molecule has 6 rings (SSSR count). The van der Waals surface area contributed by atoms with E-state index < -0.39 is 5.91 Å². The van der Waals surface area contributed by atoms with Gasteiger partial charge in [-0.2, -0.15) is 0 Å². The minimum Gasteiger partial charge on any atom is -0.392 e. The summed E-state index contributed by atoms with van der Waals surface area (Å²) in [5, 5.41) is 16.1. The first kappa shape index (κ1) is 38.0. The Balaban J connectivity index is 1.10. The fourth-order valence-electron chi connectivity index (χ4n) is 6.78. The van der Waals surface area contributed by atoms with Crippen molar-refractivity contribution in [3.05, 3.63) is 152 Å². The first-order chi connectivity index (χ1) is 25.9. The number of nitrogens with one attached hydrogen (secondary N) is 2. The Labute approximate surface area is 320 Å². The van der Waals surface area contributed by atoms with Crippen LogP contribution in [0.5, 0.6) is 0 Å². The average molecular weight is 739 g/mol. The van der Waals surface area contributed by atoms with Crippen LogP contribution in [0.15, 0.2) is 85.2 Å². The Kier molecular flexibility index (Phi) is 11.6. The highest BCUT2D eigenvalue weighted by Gasteiger charge is 2.17. The van der Waals surface area contributed by atoms with Gasteiger partial charge in [-0.3, -0.25) is 9.59 Å². The summed E-state index contributed by atoms with van der Waals surface area (Å²) in [4.78, 5) is 44.2. The van der Waals surface area contributed by atoms with Gasteiger partial charge in [-0.05, 0) is 141 Å². The van der Waals surface area contributed by atoms with E-state index in [1.54, 1.807) is 18.5 Å². The van der Waals surface area contributed by atoms with Crippen LogP contribution < -0.4 is 10.6 Å². The maximum Gasteiger partial charge on any atom is 0.293 e. The van der Waals surface area contributed by atoms with Crippen LogP contribution >= 0.6 is 11.6 Å². The van der Waals surface area contributed by atoms with Crippen LogP contribution in [-0.4, -0.2) is 36.9 Å². The smallest absolute Gasteiger partial charge is 0.293 e. The predicted octanol–water partition coefficient (Wildman–Crippen LogP) is 9.28. The minimum absolute atomic E-state index is 0.0625. The van der Waals surface area contributed by atoms with Gasteiger partial charge < -0.3 is 15.7 Å². The topological polar surface area (TPSA) is 130 Å². The number of carbonyl (C=O) groups is 2. The predicted molar refractivity (Wildman–Crippen MR) is 215 cm³/mol. The molecule has 4 aromatic carbocycles. The van der Waals surface area contributed by atoms with Gasteiger partial charge in [0, 0.05) is 39.9 Å². The molecular weight excluding hydrogens is 696 g/mol. The van der Waals surface area contributed by atoms with Gasteiger partial charge in [0.2, 0.25) is 11.6 Å². The number of carbonyl (C=O) groups excluding carboxylic acids is 2. The molecule has 0 spiro atoms. The van der Waals surface area contributed by atoms with E-state index in [0.717, 1.165) is 75.0 Å². The summed E-state index contributed by atoms with van der Waals surface area (Å²) in [6.07, 6.45) is 5.83. The van der Waals surface area contributed by atoms with Gasteiger partial charge in [0.05, 0.1) is 18.0 Å². The standard InChI is InChI=1S/C44H43ClN6O3/c1-25-10-12-31(22-35(25)37-14-16-46-41(48-37)43(53)51-40-29(5)20-33(24-52)21-30(40)6)8-7-9-32-18-27(3)39(28(4)19-32)50-44(54)42-47-17-15-38(49-42)36-23-34(45)13-11-26(36)2/h10-23,52H,7-9,24H2,1-6H3,(H,50,54)(H,51,53). The Morgan fingerprint density at radius 3 is 1.56 bits per heavy atom. The number of aryl methyl sites for hydroxylation is 8. The van der Waals surface area contributed by atoms with Crippen molar-refractivity contribution in [1.29, 1.82) is 0 Å². The zero-order valence-corrected chi connectivity index (χ0v) is 32.1. The summed E-state index contributed by atoms with van der Waals surface area (Å²) >= 11 is 6.22. The van der Waals surface area contributed by atoms with Crippen LogP contribution in [0, 0.1) is 41.5 Å². The van der Waals surface area contributed by atoms with Gasteiger partial charge in [-0.25, -0.2) is 19.9 Å². The van der Waals surface area contributed by atoms with Crippen molar-refractivity contribution < 1.29 is 14.7 Å². The lowest BCUT2D eigenvalue weighted by molar-refractivity contribution is 0.100. The number of benzene rings is 4. The molecule has 9 nitrogen and oxygen atoms in total. The van der Waals surface area contributed by atoms with Crippen LogP contribution in [-0.2, 0) is 19.4 Å². The molecule has 0 atom stereocenters. The van der Waals surface area contributed by atoms with E-state index in [1.165, 1.54) is 11.1 Å². The van der Waals surface area contributed by atoms with Crippen LogP contribution in [0.1, 0.15) is 77.7 Å². The molecule has 0 unspecified atom stereocenters. The monoisotopic (exact) mass is 738 g/mol. The summed E-state index contributed by atoms with van der Waals surface area (Å²) < 4.78 is 0. The third-order valence-electron chi connectivity index (χ3n) is 9.55. The highest BCUT2D eigenvalue weighted by Crippen LogP contribution is 2.28. The first-order valence-electron chi connectivity index (χ1n) is 17.9. The summed E-state index contributed by atoms with van der Waals surface area (Å²) in [6, 6.07) is 23.5. The van der Waals surface area contributed by atoms with E-state index in [9.17, 15) is 14.7 Å². The third kappa shape index (κ3) is 8.71. The molecule has 6 aromatic rings. The number of halogens is 1. The molecule has 274 valence electrons. The Bertz CT molecular complexity index is 2350. The zero-order chi connectivity index (χ0) is 38.5. The van der Waals surface area contributed by atoms with Crippen molar-refractivity contribution in [1.82, 2.24) is 19.9 Å². The molecule has 0 fully saturated rings. The summed E-state index contributed by atoms with van der Waals surface area (Å²) in [5.41, 5.74) is 13.4. The van der Waals surface area contributed by atoms with Gasteiger partial charge in [0.25, 0.3) is 11.8 Å². The lowest BCUT2D eigenvalue weighted by atomic mass is 9.96. The molecular formula is C44H43ClN6O3. The van der Waals surface area contributed by atoms with Crippen molar-refractivity contribution in [3.63, 3.8) is 0 Å². The van der Waals surface area contributed by atoms with E-state index in [2.05, 4.69) is 60.9 Å². The first-order valence-corrected chi connectivity index (χ1v) is 18.2. The molecule has 3 N–H and O–H groups in total. The Hall–Kier alpha value is -5.77. The summed E-state index contributed by atoms with van der Waals surface area (Å²) in [5.74, 6) is -0.595. The molecule has 0 bridgehead atoms. The van der Waals surface area contributed by atoms with E-state index in [-0.39, 0.29) is 24.2 Å². The van der Waals surface area contributed by atoms with Gasteiger partial charge in [0.15, 0.2) is 0 Å². The van der Waals surface area contributed by atoms with Crippen LogP contribution in [0.4, 0.5) is 11.4 Å². The van der Waals surface area contributed by atoms with E-state index in [1.807, 2.05) is 77.9 Å². The Morgan fingerprint density at radius 1 is 0.574 bits per heavy atom. The van der Waals surface area contributed by atoms with Gasteiger partial charge >= 0.3 is 0 Å². The molecule has 0 aliphatic carbocycles. The van der Waals surface area contributed by atoms with Gasteiger partial charge in [-0.15, -0.1) is 0 Å². The second-order valence-corrected chi connectivity index (χ2v) is 14.2. The molecule has 2 aromatic heterocycles. The summed E-state index contributed by atoms with van der Waals surface area (Å²) in [7, 11) is 0. The second-order valence-electron chi connectivity index (χ2n) is 13.8. The number of aliphatic hydroxyl groups excluding tert-OH is 1. The molecule has 0 radical (unpaired) electrons. The number of rotatable bonds is 11. The number of aromatic nitrogens is 4. The second kappa shape index (κ2) is 16.5. The average Bonchev–Trinajstić information content (AvgIpc) is 3.16. The van der Waals surface area contributed by atoms with Gasteiger partial charge in [0.1, 0.15) is 0 Å². The molecule has 2 heterocycles. The number of hydrogen-bond acceptors (Lipinski definition) is 7. The molecule has 54 heavy (non-hydrogen) atoms. The largest absolute Gasteiger partial charge is 0.392 e. The fraction of sp³-hybridized carbons (Fsp3) is 0.227. The van der Waals surface area contributed by atoms with E-state index in [0.29, 0.717) is 22.1 Å². The third-order valence-corrected chi connectivity index (χ3v) is 9.78. The van der Waals surface area contributed by atoms with Crippen molar-refractivity contribution in [2.24, 2.45) is 0 Å². The molecule has 0 aliphatic rings. The number of aliphatic hydroxyl groups is 1. The van der Waals surface area contributed by atoms with Crippen LogP contribution in [0.25, 0.3) is 22.5 Å².